The summed E-state index contributed by atoms with van der Waals surface area (Å²) in [6, 6.07) is 1.63. The van der Waals surface area contributed by atoms with Crippen LogP contribution in [0.15, 0.2) is 23.9 Å². The van der Waals surface area contributed by atoms with Crippen molar-refractivity contribution in [1.29, 1.82) is 0 Å². The molecule has 0 radical (unpaired) electrons. The van der Waals surface area contributed by atoms with Crippen LogP contribution >= 0.6 is 0 Å². The Bertz CT molecular complexity index is 604. The monoisotopic (exact) mass is 317 g/mol. The summed E-state index contributed by atoms with van der Waals surface area (Å²) in [5.41, 5.74) is 6.92. The largest absolute Gasteiger partial charge is 0.389 e. The number of nitrogen functional groups attached to an aromatic ring is 1. The molecule has 2 aliphatic rings. The number of carbonyl (C=O) groups is 1. The van der Waals surface area contributed by atoms with Crippen LogP contribution in [0.2, 0.25) is 0 Å². The van der Waals surface area contributed by atoms with E-state index in [1.807, 2.05) is 4.90 Å². The molecule has 124 valence electrons. The third-order valence-corrected chi connectivity index (χ3v) is 4.32. The van der Waals surface area contributed by atoms with Crippen molar-refractivity contribution >= 4 is 17.7 Å². The molecular weight excluding hydrogens is 294 g/mol. The van der Waals surface area contributed by atoms with E-state index in [1.54, 1.807) is 17.2 Å². The maximum atomic E-state index is 12.5. The van der Waals surface area contributed by atoms with Crippen molar-refractivity contribution in [2.45, 2.75) is 31.8 Å². The Labute approximate surface area is 135 Å². The molecule has 1 amide bonds. The molecule has 0 unspecified atom stereocenters. The van der Waals surface area contributed by atoms with E-state index in [0.717, 1.165) is 19.3 Å². The molecular formula is C16H23N5O2. The fourth-order valence-corrected chi connectivity index (χ4v) is 3.12. The van der Waals surface area contributed by atoms with Gasteiger partial charge in [0.25, 0.3) is 0 Å². The van der Waals surface area contributed by atoms with Gasteiger partial charge >= 0.3 is 0 Å². The molecule has 0 saturated carbocycles. The lowest BCUT2D eigenvalue weighted by Crippen LogP contribution is -2.37. The first-order valence-corrected chi connectivity index (χ1v) is 8.09. The summed E-state index contributed by atoms with van der Waals surface area (Å²) in [5, 5.41) is 10.2. The number of nitrogens with zero attached hydrogens (tertiary/aromatic N) is 4. The number of aromatic nitrogens is 2. The fourth-order valence-electron chi connectivity index (χ4n) is 3.12. The topological polar surface area (TPSA) is 95.6 Å². The molecule has 1 atom stereocenters. The summed E-state index contributed by atoms with van der Waals surface area (Å²) in [4.78, 5) is 24.5. The Hall–Kier alpha value is -2.15. The van der Waals surface area contributed by atoms with Crippen molar-refractivity contribution < 1.29 is 9.90 Å². The summed E-state index contributed by atoms with van der Waals surface area (Å²) >= 11 is 0. The van der Waals surface area contributed by atoms with Crippen LogP contribution in [0.1, 0.15) is 25.7 Å². The Kier molecular flexibility index (Phi) is 4.76. The minimum atomic E-state index is -0.621. The van der Waals surface area contributed by atoms with Gasteiger partial charge in [0.15, 0.2) is 0 Å². The third kappa shape index (κ3) is 3.98. The normalized spacial score (nSPS) is 22.0. The number of aliphatic hydroxyl groups excluding tert-OH is 1. The smallest absolute Gasteiger partial charge is 0.227 e. The molecule has 1 fully saturated rings. The van der Waals surface area contributed by atoms with Crippen LogP contribution < -0.4 is 10.6 Å². The molecule has 2 heterocycles. The van der Waals surface area contributed by atoms with E-state index < -0.39 is 6.10 Å². The Morgan fingerprint density at radius 1 is 1.39 bits per heavy atom. The molecule has 0 spiro atoms. The van der Waals surface area contributed by atoms with Crippen LogP contribution in [-0.2, 0) is 4.79 Å². The van der Waals surface area contributed by atoms with Gasteiger partial charge in [0, 0.05) is 38.8 Å². The summed E-state index contributed by atoms with van der Waals surface area (Å²) < 4.78 is 0. The van der Waals surface area contributed by atoms with Gasteiger partial charge < -0.3 is 20.6 Å². The molecule has 3 rings (SSSR count). The summed E-state index contributed by atoms with van der Waals surface area (Å²) in [6.07, 6.45) is 6.86. The van der Waals surface area contributed by atoms with E-state index in [2.05, 4.69) is 16.0 Å². The van der Waals surface area contributed by atoms with Crippen LogP contribution in [0.25, 0.3) is 0 Å². The number of aliphatic hydroxyl groups is 1. The Balaban J connectivity index is 1.64. The third-order valence-electron chi connectivity index (χ3n) is 4.32. The zero-order valence-electron chi connectivity index (χ0n) is 13.2. The van der Waals surface area contributed by atoms with Gasteiger partial charge in [-0.05, 0) is 25.3 Å². The van der Waals surface area contributed by atoms with E-state index in [1.165, 1.54) is 5.57 Å². The molecule has 7 nitrogen and oxygen atoms in total. The molecule has 23 heavy (non-hydrogen) atoms. The van der Waals surface area contributed by atoms with E-state index in [0.29, 0.717) is 44.4 Å². The van der Waals surface area contributed by atoms with Gasteiger partial charge in [-0.25, -0.2) is 4.98 Å². The maximum Gasteiger partial charge on any atom is 0.227 e. The van der Waals surface area contributed by atoms with Crippen molar-refractivity contribution in [3.05, 3.63) is 23.9 Å². The lowest BCUT2D eigenvalue weighted by atomic mass is 10.1. The van der Waals surface area contributed by atoms with Crippen molar-refractivity contribution in [2.24, 2.45) is 0 Å². The Morgan fingerprint density at radius 2 is 2.26 bits per heavy atom. The zero-order chi connectivity index (χ0) is 16.2. The van der Waals surface area contributed by atoms with Gasteiger partial charge in [-0.15, -0.1) is 0 Å². The standard InChI is InChI=1S/C16H23N5O2/c17-14-5-6-18-16(19-14)21-8-7-20(10-13(22)11-21)15(23)9-12-3-1-2-4-12/h3,5-6,13,22H,1-2,4,7-11H2,(H2,17,18,19)/t13-/m1/s1. The van der Waals surface area contributed by atoms with Gasteiger partial charge in [0.1, 0.15) is 5.82 Å². The molecule has 0 bridgehead atoms. The van der Waals surface area contributed by atoms with Crippen molar-refractivity contribution in [1.82, 2.24) is 14.9 Å². The van der Waals surface area contributed by atoms with E-state index in [-0.39, 0.29) is 5.91 Å². The number of allylic oxidation sites excluding steroid dienone is 1. The first kappa shape index (κ1) is 15.7. The quantitative estimate of drug-likeness (QED) is 0.791. The van der Waals surface area contributed by atoms with Gasteiger partial charge in [-0.2, -0.15) is 4.98 Å². The zero-order valence-corrected chi connectivity index (χ0v) is 13.2. The predicted octanol–water partition coefficient (Wildman–Crippen LogP) is 0.569. The highest BCUT2D eigenvalue weighted by molar-refractivity contribution is 5.79. The van der Waals surface area contributed by atoms with Crippen LogP contribution in [0.5, 0.6) is 0 Å². The van der Waals surface area contributed by atoms with Crippen LogP contribution in [0.3, 0.4) is 0 Å². The second-order valence-electron chi connectivity index (χ2n) is 6.15. The highest BCUT2D eigenvalue weighted by atomic mass is 16.3. The number of amides is 1. The first-order valence-electron chi connectivity index (χ1n) is 8.09. The minimum absolute atomic E-state index is 0.0903. The van der Waals surface area contributed by atoms with Crippen LogP contribution in [0.4, 0.5) is 11.8 Å². The number of carbonyl (C=O) groups excluding carboxylic acids is 1. The fraction of sp³-hybridized carbons (Fsp3) is 0.562. The maximum absolute atomic E-state index is 12.5. The van der Waals surface area contributed by atoms with Gasteiger partial charge in [0.05, 0.1) is 6.10 Å². The van der Waals surface area contributed by atoms with Crippen molar-refractivity contribution in [2.75, 3.05) is 36.8 Å². The predicted molar refractivity (Wildman–Crippen MR) is 87.8 cm³/mol. The number of nitrogens with two attached hydrogens (primary N) is 1. The summed E-state index contributed by atoms with van der Waals surface area (Å²) in [7, 11) is 0. The van der Waals surface area contributed by atoms with Gasteiger partial charge in [0.2, 0.25) is 11.9 Å². The number of hydrogen-bond donors (Lipinski definition) is 2. The molecule has 1 aromatic heterocycles. The summed E-state index contributed by atoms with van der Waals surface area (Å²) in [6.45, 7) is 1.90. The average Bonchev–Trinajstić information content (AvgIpc) is 2.94. The highest BCUT2D eigenvalue weighted by Gasteiger charge is 2.26. The van der Waals surface area contributed by atoms with Gasteiger partial charge in [-0.3, -0.25) is 4.79 Å². The Morgan fingerprint density at radius 3 is 3.00 bits per heavy atom. The lowest BCUT2D eigenvalue weighted by molar-refractivity contribution is -0.131. The first-order chi connectivity index (χ1) is 11.1. The second kappa shape index (κ2) is 6.95. The number of hydrogen-bond acceptors (Lipinski definition) is 6. The SMILES string of the molecule is Nc1ccnc(N2CCN(C(=O)CC3=CCCC3)C[C@@H](O)C2)n1. The number of β-amino-alcohol motifs (C(OH)–C–C–N with tert-alkyl or cyclic N) is 1. The molecule has 3 N–H and O–H groups in total. The highest BCUT2D eigenvalue weighted by Crippen LogP contribution is 2.22. The molecule has 1 aromatic rings. The molecule has 1 aliphatic heterocycles. The molecule has 1 aliphatic carbocycles. The molecule has 7 heteroatoms. The average molecular weight is 317 g/mol. The second-order valence-corrected chi connectivity index (χ2v) is 6.15. The van der Waals surface area contributed by atoms with E-state index in [4.69, 9.17) is 5.73 Å². The van der Waals surface area contributed by atoms with Crippen molar-refractivity contribution in [3.63, 3.8) is 0 Å². The summed E-state index contributed by atoms with van der Waals surface area (Å²) in [5.74, 6) is 0.985. The molecule has 0 aromatic carbocycles. The van der Waals surface area contributed by atoms with Crippen LogP contribution in [-0.4, -0.2) is 58.2 Å². The van der Waals surface area contributed by atoms with E-state index in [9.17, 15) is 9.90 Å². The lowest BCUT2D eigenvalue weighted by Gasteiger charge is -2.22. The number of rotatable bonds is 3. The number of anilines is 2. The van der Waals surface area contributed by atoms with E-state index >= 15 is 0 Å². The van der Waals surface area contributed by atoms with Crippen LogP contribution in [0, 0.1) is 0 Å². The van der Waals surface area contributed by atoms with Crippen molar-refractivity contribution in [3.8, 4) is 0 Å². The molecule has 1 saturated heterocycles. The minimum Gasteiger partial charge on any atom is -0.389 e. The van der Waals surface area contributed by atoms with Gasteiger partial charge in [-0.1, -0.05) is 11.6 Å².